The molecule has 3 aromatic heterocycles. The van der Waals surface area contributed by atoms with Crippen LogP contribution in [0.15, 0.2) is 56.8 Å². The minimum atomic E-state index is -1.55. The molecule has 184 valence electrons. The van der Waals surface area contributed by atoms with Crippen LogP contribution in [0.4, 0.5) is 0 Å². The maximum Gasteiger partial charge on any atom is 0.333 e. The first kappa shape index (κ1) is 24.6. The zero-order valence-electron chi connectivity index (χ0n) is 20.3. The number of nitrogens with zero attached hydrogens (tertiary/aromatic N) is 3. The summed E-state index contributed by atoms with van der Waals surface area (Å²) < 4.78 is 14.1. The van der Waals surface area contributed by atoms with Crippen molar-refractivity contribution in [3.05, 3.63) is 74.8 Å². The summed E-state index contributed by atoms with van der Waals surface area (Å²) >= 11 is 1.24. The van der Waals surface area contributed by atoms with Crippen LogP contribution in [0.2, 0.25) is 0 Å². The van der Waals surface area contributed by atoms with E-state index in [4.69, 9.17) is 14.9 Å². The Morgan fingerprint density at radius 1 is 1.23 bits per heavy atom. The second kappa shape index (κ2) is 9.27. The standard InChI is InChI=1S/C25H28N4O5S/c1-14(2)34-17(16-9-7-6-8-10-16)13-28-22-18(15(3)19(35-22)20-27-11-12-33-20)21(30)29(24(28)32)25(4,5)23(26)31/h6-12,14,17H,13H2,1-5H3,(H2,26,31)/t17-/m0/s1. The summed E-state index contributed by atoms with van der Waals surface area (Å²) in [5, 5.41) is 0.313. The summed E-state index contributed by atoms with van der Waals surface area (Å²) in [5.74, 6) is -0.442. The van der Waals surface area contributed by atoms with E-state index in [0.717, 1.165) is 10.1 Å². The number of fused-ring (bicyclic) bond motifs is 1. The van der Waals surface area contributed by atoms with Crippen LogP contribution in [0, 0.1) is 6.92 Å². The number of thiophene rings is 1. The number of primary amides is 1. The van der Waals surface area contributed by atoms with Gasteiger partial charge in [-0.1, -0.05) is 30.3 Å². The Hall–Kier alpha value is -3.50. The molecule has 1 amide bonds. The Kier molecular flexibility index (Phi) is 6.52. The van der Waals surface area contributed by atoms with Crippen LogP contribution in [0.1, 0.15) is 44.9 Å². The van der Waals surface area contributed by atoms with Crippen LogP contribution in [-0.2, 0) is 21.6 Å². The lowest BCUT2D eigenvalue weighted by Gasteiger charge is -2.26. The van der Waals surface area contributed by atoms with Gasteiger partial charge in [0.2, 0.25) is 11.8 Å². The van der Waals surface area contributed by atoms with Crippen LogP contribution in [0.25, 0.3) is 21.0 Å². The third-order valence-electron chi connectivity index (χ3n) is 5.96. The lowest BCUT2D eigenvalue weighted by atomic mass is 10.0. The second-order valence-electron chi connectivity index (χ2n) is 9.11. The Balaban J connectivity index is 2.05. The van der Waals surface area contributed by atoms with E-state index in [0.29, 0.717) is 26.5 Å². The van der Waals surface area contributed by atoms with Crippen LogP contribution in [0.3, 0.4) is 0 Å². The topological polar surface area (TPSA) is 122 Å². The highest BCUT2D eigenvalue weighted by Crippen LogP contribution is 2.36. The highest BCUT2D eigenvalue weighted by molar-refractivity contribution is 7.22. The predicted octanol–water partition coefficient (Wildman–Crippen LogP) is 3.57. The van der Waals surface area contributed by atoms with Gasteiger partial charge in [-0.05, 0) is 45.7 Å². The molecule has 2 N–H and O–H groups in total. The minimum absolute atomic E-state index is 0.118. The normalized spacial score (nSPS) is 13.0. The fourth-order valence-corrected chi connectivity index (χ4v) is 5.28. The van der Waals surface area contributed by atoms with Crippen molar-refractivity contribution in [3.8, 4) is 10.8 Å². The van der Waals surface area contributed by atoms with E-state index in [-0.39, 0.29) is 12.6 Å². The number of aryl methyl sites for hydroxylation is 1. The fourth-order valence-electron chi connectivity index (χ4n) is 4.04. The van der Waals surface area contributed by atoms with Crippen LogP contribution in [-0.4, -0.2) is 26.1 Å². The first-order valence-electron chi connectivity index (χ1n) is 11.2. The van der Waals surface area contributed by atoms with Gasteiger partial charge >= 0.3 is 5.69 Å². The smallest absolute Gasteiger partial charge is 0.333 e. The monoisotopic (exact) mass is 496 g/mol. The molecule has 1 aromatic carbocycles. The van der Waals surface area contributed by atoms with Crippen molar-refractivity contribution >= 4 is 27.5 Å². The van der Waals surface area contributed by atoms with E-state index in [2.05, 4.69) is 4.98 Å². The van der Waals surface area contributed by atoms with E-state index in [1.54, 1.807) is 6.92 Å². The highest BCUT2D eigenvalue weighted by atomic mass is 32.1. The third kappa shape index (κ3) is 4.35. The summed E-state index contributed by atoms with van der Waals surface area (Å²) in [7, 11) is 0. The maximum atomic E-state index is 13.8. The van der Waals surface area contributed by atoms with Crippen molar-refractivity contribution in [2.75, 3.05) is 0 Å². The number of carbonyl (C=O) groups excluding carboxylic acids is 1. The molecule has 0 aliphatic carbocycles. The Morgan fingerprint density at radius 2 is 1.91 bits per heavy atom. The summed E-state index contributed by atoms with van der Waals surface area (Å²) in [6.45, 7) is 8.66. The number of hydrogen-bond acceptors (Lipinski definition) is 7. The maximum absolute atomic E-state index is 13.8. The van der Waals surface area contributed by atoms with Crippen molar-refractivity contribution in [1.82, 2.24) is 14.1 Å². The molecule has 0 aliphatic rings. The quantitative estimate of drug-likeness (QED) is 0.398. The molecule has 35 heavy (non-hydrogen) atoms. The number of nitrogens with two attached hydrogens (primary N) is 1. The third-order valence-corrected chi connectivity index (χ3v) is 7.26. The number of oxazole rings is 1. The van der Waals surface area contributed by atoms with Gasteiger partial charge < -0.3 is 14.9 Å². The highest BCUT2D eigenvalue weighted by Gasteiger charge is 2.34. The zero-order valence-corrected chi connectivity index (χ0v) is 21.1. The lowest BCUT2D eigenvalue weighted by molar-refractivity contribution is -0.125. The fraction of sp³-hybridized carbons (Fsp3) is 0.360. The minimum Gasteiger partial charge on any atom is -0.444 e. The SMILES string of the molecule is Cc1c(-c2ncco2)sc2c1c(=O)n(C(C)(C)C(N)=O)c(=O)n2C[C@H](OC(C)C)c1ccccc1. The molecule has 0 spiro atoms. The average Bonchev–Trinajstić information content (AvgIpc) is 3.44. The predicted molar refractivity (Wildman–Crippen MR) is 134 cm³/mol. The van der Waals surface area contributed by atoms with Crippen LogP contribution < -0.4 is 17.0 Å². The molecule has 9 nitrogen and oxygen atoms in total. The molecule has 1 atom stereocenters. The molecule has 0 unspecified atom stereocenters. The summed E-state index contributed by atoms with van der Waals surface area (Å²) in [6.07, 6.45) is 2.37. The number of ether oxygens (including phenoxy) is 1. The van der Waals surface area contributed by atoms with Gasteiger partial charge in [0.05, 0.1) is 29.1 Å². The van der Waals surface area contributed by atoms with Crippen molar-refractivity contribution in [3.63, 3.8) is 0 Å². The van der Waals surface area contributed by atoms with E-state index in [9.17, 15) is 14.4 Å². The van der Waals surface area contributed by atoms with Crippen molar-refractivity contribution in [2.24, 2.45) is 5.73 Å². The van der Waals surface area contributed by atoms with Gasteiger partial charge in [0.15, 0.2) is 0 Å². The summed E-state index contributed by atoms with van der Waals surface area (Å²) in [6, 6.07) is 9.56. The van der Waals surface area contributed by atoms with Crippen molar-refractivity contribution in [1.29, 1.82) is 0 Å². The van der Waals surface area contributed by atoms with Gasteiger partial charge in [-0.3, -0.25) is 14.2 Å². The summed E-state index contributed by atoms with van der Waals surface area (Å²) in [4.78, 5) is 45.1. The Bertz CT molecular complexity index is 1480. The molecule has 0 saturated heterocycles. The molecule has 0 fully saturated rings. The second-order valence-corrected chi connectivity index (χ2v) is 10.1. The first-order chi connectivity index (χ1) is 16.5. The molecule has 0 radical (unpaired) electrons. The molecule has 4 aromatic rings. The molecule has 0 aliphatic heterocycles. The van der Waals surface area contributed by atoms with Gasteiger partial charge in [-0.25, -0.2) is 14.3 Å². The Morgan fingerprint density at radius 3 is 2.49 bits per heavy atom. The van der Waals surface area contributed by atoms with Gasteiger partial charge in [0.1, 0.15) is 22.7 Å². The van der Waals surface area contributed by atoms with E-state index >= 15 is 0 Å². The number of rotatable bonds is 8. The van der Waals surface area contributed by atoms with E-state index in [1.165, 1.54) is 42.2 Å². The van der Waals surface area contributed by atoms with Gasteiger partial charge in [-0.15, -0.1) is 11.3 Å². The molecule has 0 saturated carbocycles. The molecule has 10 heteroatoms. The zero-order chi connectivity index (χ0) is 25.5. The molecule has 4 rings (SSSR count). The van der Waals surface area contributed by atoms with Crippen molar-refractivity contribution < 1.29 is 13.9 Å². The van der Waals surface area contributed by atoms with E-state index < -0.39 is 28.8 Å². The Labute approximate surface area is 205 Å². The first-order valence-corrected chi connectivity index (χ1v) is 12.0. The van der Waals surface area contributed by atoms with Crippen molar-refractivity contribution in [2.45, 2.75) is 58.9 Å². The number of carbonyl (C=O) groups is 1. The number of amides is 1. The number of benzene rings is 1. The van der Waals surface area contributed by atoms with Gasteiger partial charge in [0, 0.05) is 0 Å². The average molecular weight is 497 g/mol. The number of aromatic nitrogens is 3. The number of hydrogen-bond donors (Lipinski definition) is 1. The van der Waals surface area contributed by atoms with Gasteiger partial charge in [-0.2, -0.15) is 0 Å². The largest absolute Gasteiger partial charge is 0.444 e. The molecule has 3 heterocycles. The molecule has 0 bridgehead atoms. The molecular formula is C25H28N4O5S. The summed E-state index contributed by atoms with van der Waals surface area (Å²) in [5.41, 5.74) is 4.34. The van der Waals surface area contributed by atoms with E-state index in [1.807, 2.05) is 44.2 Å². The lowest BCUT2D eigenvalue weighted by Crippen LogP contribution is -2.54. The van der Waals surface area contributed by atoms with Gasteiger partial charge in [0.25, 0.3) is 5.56 Å². The molecular weight excluding hydrogens is 468 g/mol. The van der Waals surface area contributed by atoms with Crippen LogP contribution >= 0.6 is 11.3 Å². The van der Waals surface area contributed by atoms with Crippen LogP contribution in [0.5, 0.6) is 0 Å².